The molecule has 0 radical (unpaired) electrons. The maximum absolute atomic E-state index is 10.3. The van der Waals surface area contributed by atoms with Gasteiger partial charge in [0.05, 0.1) is 6.10 Å². The second kappa shape index (κ2) is 4.77. The zero-order valence-corrected chi connectivity index (χ0v) is 8.10. The van der Waals surface area contributed by atoms with E-state index in [0.717, 1.165) is 11.1 Å². The summed E-state index contributed by atoms with van der Waals surface area (Å²) in [6.07, 6.45) is -0.414. The van der Waals surface area contributed by atoms with Crippen molar-refractivity contribution in [2.45, 2.75) is 25.9 Å². The molecule has 0 saturated carbocycles. The van der Waals surface area contributed by atoms with Crippen LogP contribution in [0.2, 0.25) is 0 Å². The first-order valence-electron chi connectivity index (χ1n) is 4.56. The fraction of sp³-hybridized carbons (Fsp3) is 0.364. The third-order valence-electron chi connectivity index (χ3n) is 2.18. The molecule has 3 nitrogen and oxygen atoms in total. The lowest BCUT2D eigenvalue weighted by molar-refractivity contribution is -0.137. The van der Waals surface area contributed by atoms with Crippen LogP contribution in [0.25, 0.3) is 0 Å². The molecule has 0 aliphatic rings. The van der Waals surface area contributed by atoms with Gasteiger partial charge in [-0.05, 0) is 24.5 Å². The minimum atomic E-state index is -0.877. The molecule has 0 heterocycles. The molecule has 1 rings (SSSR count). The van der Waals surface area contributed by atoms with Crippen LogP contribution in [-0.2, 0) is 4.79 Å². The van der Waals surface area contributed by atoms with Gasteiger partial charge in [0.15, 0.2) is 0 Å². The van der Waals surface area contributed by atoms with E-state index >= 15 is 0 Å². The number of hydrogen-bond donors (Lipinski definition) is 2. The van der Waals surface area contributed by atoms with Crippen LogP contribution in [0, 0.1) is 6.92 Å². The van der Waals surface area contributed by atoms with Crippen molar-refractivity contribution >= 4 is 5.97 Å². The Hall–Kier alpha value is -1.35. The smallest absolute Gasteiger partial charge is 0.303 e. The van der Waals surface area contributed by atoms with E-state index in [1.807, 2.05) is 31.2 Å². The largest absolute Gasteiger partial charge is 0.481 e. The lowest BCUT2D eigenvalue weighted by atomic mass is 10.0. The summed E-state index contributed by atoms with van der Waals surface area (Å²) >= 11 is 0. The van der Waals surface area contributed by atoms with Gasteiger partial charge in [-0.3, -0.25) is 4.79 Å². The average molecular weight is 194 g/mol. The normalized spacial score (nSPS) is 12.4. The van der Waals surface area contributed by atoms with Crippen molar-refractivity contribution in [3.63, 3.8) is 0 Å². The summed E-state index contributed by atoms with van der Waals surface area (Å²) in [5.74, 6) is -0.877. The predicted octanol–water partition coefficient (Wildman–Crippen LogP) is 1.89. The first-order valence-corrected chi connectivity index (χ1v) is 4.56. The highest BCUT2D eigenvalue weighted by Gasteiger charge is 2.11. The molecule has 0 fully saturated rings. The molecule has 3 heteroatoms. The lowest BCUT2D eigenvalue weighted by Crippen LogP contribution is -2.03. The number of carboxylic acids is 1. The molecule has 2 N–H and O–H groups in total. The van der Waals surface area contributed by atoms with Crippen LogP contribution >= 0.6 is 0 Å². The van der Waals surface area contributed by atoms with E-state index in [1.165, 1.54) is 0 Å². The van der Waals surface area contributed by atoms with Crippen molar-refractivity contribution in [1.82, 2.24) is 0 Å². The lowest BCUT2D eigenvalue weighted by Gasteiger charge is -2.11. The van der Waals surface area contributed by atoms with E-state index in [4.69, 9.17) is 5.11 Å². The van der Waals surface area contributed by atoms with Gasteiger partial charge < -0.3 is 10.2 Å². The first-order chi connectivity index (χ1) is 6.61. The average Bonchev–Trinajstić information content (AvgIpc) is 2.15. The summed E-state index contributed by atoms with van der Waals surface area (Å²) in [4.78, 5) is 10.3. The number of aliphatic carboxylic acids is 1. The van der Waals surface area contributed by atoms with Gasteiger partial charge in [-0.15, -0.1) is 0 Å². The highest BCUT2D eigenvalue weighted by molar-refractivity contribution is 5.66. The second-order valence-electron chi connectivity index (χ2n) is 3.30. The number of aryl methyl sites for hydroxylation is 1. The Kier molecular flexibility index (Phi) is 3.65. The molecule has 0 aliphatic carbocycles. The Morgan fingerprint density at radius 1 is 1.43 bits per heavy atom. The van der Waals surface area contributed by atoms with Crippen molar-refractivity contribution in [1.29, 1.82) is 0 Å². The molecule has 0 unspecified atom stereocenters. The van der Waals surface area contributed by atoms with Crippen molar-refractivity contribution in [3.05, 3.63) is 35.4 Å². The van der Waals surface area contributed by atoms with E-state index in [0.29, 0.717) is 0 Å². The molecule has 1 aromatic rings. The summed E-state index contributed by atoms with van der Waals surface area (Å²) in [5.41, 5.74) is 1.80. The first kappa shape index (κ1) is 10.7. The van der Waals surface area contributed by atoms with Gasteiger partial charge in [-0.2, -0.15) is 0 Å². The van der Waals surface area contributed by atoms with Crippen LogP contribution in [0.5, 0.6) is 0 Å². The molecule has 0 spiro atoms. The Labute approximate surface area is 83.0 Å². The number of carbonyl (C=O) groups is 1. The van der Waals surface area contributed by atoms with Gasteiger partial charge in [-0.1, -0.05) is 24.3 Å². The summed E-state index contributed by atoms with van der Waals surface area (Å²) in [6.45, 7) is 1.90. The van der Waals surface area contributed by atoms with Crippen LogP contribution in [0.1, 0.15) is 30.1 Å². The van der Waals surface area contributed by atoms with Gasteiger partial charge in [0.25, 0.3) is 0 Å². The Bertz CT molecular complexity index is 320. The zero-order valence-electron chi connectivity index (χ0n) is 8.10. The highest BCUT2D eigenvalue weighted by atomic mass is 16.4. The zero-order chi connectivity index (χ0) is 10.6. The van der Waals surface area contributed by atoms with Crippen molar-refractivity contribution in [2.75, 3.05) is 0 Å². The molecule has 0 aliphatic heterocycles. The van der Waals surface area contributed by atoms with E-state index in [1.54, 1.807) is 0 Å². The molecule has 1 aromatic carbocycles. The molecular formula is C11H14O3. The SMILES string of the molecule is Cc1ccccc1[C@@H](O)CCC(=O)O. The maximum atomic E-state index is 10.3. The molecule has 0 saturated heterocycles. The summed E-state index contributed by atoms with van der Waals surface area (Å²) < 4.78 is 0. The van der Waals surface area contributed by atoms with E-state index in [9.17, 15) is 9.90 Å². The Morgan fingerprint density at radius 3 is 2.64 bits per heavy atom. The number of aliphatic hydroxyl groups is 1. The van der Waals surface area contributed by atoms with Gasteiger partial charge in [0.2, 0.25) is 0 Å². The Balaban J connectivity index is 2.65. The third-order valence-corrected chi connectivity index (χ3v) is 2.18. The molecule has 1 atom stereocenters. The number of aliphatic hydroxyl groups excluding tert-OH is 1. The van der Waals surface area contributed by atoms with Crippen LogP contribution in [0.3, 0.4) is 0 Å². The van der Waals surface area contributed by atoms with Crippen molar-refractivity contribution in [2.24, 2.45) is 0 Å². The molecular weight excluding hydrogens is 180 g/mol. The van der Waals surface area contributed by atoms with Crippen LogP contribution < -0.4 is 0 Å². The van der Waals surface area contributed by atoms with Gasteiger partial charge in [0.1, 0.15) is 0 Å². The second-order valence-corrected chi connectivity index (χ2v) is 3.30. The fourth-order valence-corrected chi connectivity index (χ4v) is 1.38. The van der Waals surface area contributed by atoms with Crippen LogP contribution in [-0.4, -0.2) is 16.2 Å². The molecule has 0 bridgehead atoms. The summed E-state index contributed by atoms with van der Waals surface area (Å²) in [6, 6.07) is 7.45. The quantitative estimate of drug-likeness (QED) is 0.769. The third kappa shape index (κ3) is 2.85. The Morgan fingerprint density at radius 2 is 2.07 bits per heavy atom. The van der Waals surface area contributed by atoms with Crippen LogP contribution in [0.4, 0.5) is 0 Å². The number of hydrogen-bond acceptors (Lipinski definition) is 2. The van der Waals surface area contributed by atoms with Gasteiger partial charge in [-0.25, -0.2) is 0 Å². The van der Waals surface area contributed by atoms with E-state index < -0.39 is 12.1 Å². The predicted molar refractivity (Wildman–Crippen MR) is 53.0 cm³/mol. The molecule has 0 amide bonds. The summed E-state index contributed by atoms with van der Waals surface area (Å²) in [5, 5.41) is 18.2. The van der Waals surface area contributed by atoms with E-state index in [2.05, 4.69) is 0 Å². The molecule has 76 valence electrons. The minimum Gasteiger partial charge on any atom is -0.481 e. The fourth-order valence-electron chi connectivity index (χ4n) is 1.38. The topological polar surface area (TPSA) is 57.5 Å². The monoisotopic (exact) mass is 194 g/mol. The number of rotatable bonds is 4. The van der Waals surface area contributed by atoms with Crippen LogP contribution in [0.15, 0.2) is 24.3 Å². The van der Waals surface area contributed by atoms with Gasteiger partial charge >= 0.3 is 5.97 Å². The number of benzene rings is 1. The summed E-state index contributed by atoms with van der Waals surface area (Å²) in [7, 11) is 0. The molecule has 14 heavy (non-hydrogen) atoms. The standard InChI is InChI=1S/C11H14O3/c1-8-4-2-3-5-9(8)10(12)6-7-11(13)14/h2-5,10,12H,6-7H2,1H3,(H,13,14)/t10-/m0/s1. The highest BCUT2D eigenvalue weighted by Crippen LogP contribution is 2.21. The molecule has 0 aromatic heterocycles. The van der Waals surface area contributed by atoms with Crippen molar-refractivity contribution < 1.29 is 15.0 Å². The van der Waals surface area contributed by atoms with Crippen molar-refractivity contribution in [3.8, 4) is 0 Å². The van der Waals surface area contributed by atoms with Gasteiger partial charge in [0, 0.05) is 6.42 Å². The maximum Gasteiger partial charge on any atom is 0.303 e. The number of carboxylic acid groups (broad SMARTS) is 1. The van der Waals surface area contributed by atoms with E-state index in [-0.39, 0.29) is 12.8 Å². The minimum absolute atomic E-state index is 0.00446.